The summed E-state index contributed by atoms with van der Waals surface area (Å²) in [6, 6.07) is 9.10. The topological polar surface area (TPSA) is 63.2 Å². The molecule has 0 aromatic heterocycles. The van der Waals surface area contributed by atoms with Gasteiger partial charge < -0.3 is 5.32 Å². The summed E-state index contributed by atoms with van der Waals surface area (Å²) < 4.78 is 22.9. The zero-order valence-electron chi connectivity index (χ0n) is 8.51. The quantitative estimate of drug-likeness (QED) is 0.788. The molecule has 0 amide bonds. The standard InChI is InChI=1S/C11H11NO3S/c13-10-6-7-16(14,15)11(10)8-12-9-4-2-1-3-5-9/h1-5,8,12H,6-7H2/b11-8-. The molecule has 0 bridgehead atoms. The Labute approximate surface area is 93.9 Å². The van der Waals surface area contributed by atoms with Gasteiger partial charge in [-0.3, -0.25) is 4.79 Å². The maximum absolute atomic E-state index is 11.5. The van der Waals surface area contributed by atoms with Crippen LogP contribution in [0.4, 0.5) is 5.69 Å². The normalized spacial score (nSPS) is 21.2. The van der Waals surface area contributed by atoms with Gasteiger partial charge in [0.15, 0.2) is 15.6 Å². The largest absolute Gasteiger partial charge is 0.360 e. The van der Waals surface area contributed by atoms with E-state index in [0.717, 1.165) is 5.69 Å². The molecule has 0 saturated carbocycles. The Bertz CT molecular complexity index is 532. The van der Waals surface area contributed by atoms with E-state index in [9.17, 15) is 13.2 Å². The molecule has 4 nitrogen and oxygen atoms in total. The second-order valence-corrected chi connectivity index (χ2v) is 5.59. The highest BCUT2D eigenvalue weighted by Crippen LogP contribution is 2.20. The molecule has 0 radical (unpaired) electrons. The third-order valence-electron chi connectivity index (χ3n) is 2.35. The van der Waals surface area contributed by atoms with Gasteiger partial charge in [-0.15, -0.1) is 0 Å². The lowest BCUT2D eigenvalue weighted by molar-refractivity contribution is -0.114. The molecular weight excluding hydrogens is 226 g/mol. The Kier molecular flexibility index (Phi) is 2.78. The fraction of sp³-hybridized carbons (Fsp3) is 0.182. The third kappa shape index (κ3) is 2.14. The van der Waals surface area contributed by atoms with E-state index in [0.29, 0.717) is 0 Å². The molecule has 1 saturated heterocycles. The summed E-state index contributed by atoms with van der Waals surface area (Å²) in [5.41, 5.74) is 0.755. The molecule has 1 aliphatic rings. The number of Topliss-reactive ketones (excluding diaryl/α,β-unsaturated/α-hetero) is 1. The number of sulfone groups is 1. The Balaban J connectivity index is 2.23. The van der Waals surface area contributed by atoms with E-state index >= 15 is 0 Å². The molecule has 0 spiro atoms. The summed E-state index contributed by atoms with van der Waals surface area (Å²) in [6.07, 6.45) is 1.37. The molecule has 2 rings (SSSR count). The molecule has 0 aliphatic carbocycles. The summed E-state index contributed by atoms with van der Waals surface area (Å²) >= 11 is 0. The summed E-state index contributed by atoms with van der Waals surface area (Å²) in [7, 11) is -3.36. The number of para-hydroxylation sites is 1. The van der Waals surface area contributed by atoms with Crippen LogP contribution in [0.5, 0.6) is 0 Å². The van der Waals surface area contributed by atoms with Crippen molar-refractivity contribution in [2.24, 2.45) is 0 Å². The molecule has 5 heteroatoms. The highest BCUT2D eigenvalue weighted by molar-refractivity contribution is 7.96. The Morgan fingerprint density at radius 3 is 2.44 bits per heavy atom. The van der Waals surface area contributed by atoms with E-state index in [4.69, 9.17) is 0 Å². The number of anilines is 1. The first kappa shape index (κ1) is 10.9. The number of nitrogens with one attached hydrogen (secondary N) is 1. The minimum absolute atomic E-state index is 0.0753. The van der Waals surface area contributed by atoms with Crippen molar-refractivity contribution in [1.82, 2.24) is 0 Å². The second kappa shape index (κ2) is 4.09. The first-order valence-corrected chi connectivity index (χ1v) is 6.52. The number of allylic oxidation sites excluding steroid dienone is 1. The molecule has 1 fully saturated rings. The van der Waals surface area contributed by atoms with Crippen molar-refractivity contribution in [3.8, 4) is 0 Å². The van der Waals surface area contributed by atoms with E-state index in [-0.39, 0.29) is 22.9 Å². The smallest absolute Gasteiger partial charge is 0.183 e. The second-order valence-electron chi connectivity index (χ2n) is 3.51. The molecule has 16 heavy (non-hydrogen) atoms. The van der Waals surface area contributed by atoms with Gasteiger partial charge in [0.25, 0.3) is 0 Å². The molecule has 0 unspecified atom stereocenters. The number of benzene rings is 1. The first-order valence-electron chi connectivity index (χ1n) is 4.87. The number of hydrogen-bond acceptors (Lipinski definition) is 4. The molecule has 1 aliphatic heterocycles. The van der Waals surface area contributed by atoms with E-state index in [1.54, 1.807) is 12.1 Å². The van der Waals surface area contributed by atoms with Crippen molar-refractivity contribution >= 4 is 21.3 Å². The lowest BCUT2D eigenvalue weighted by Crippen LogP contribution is -2.04. The van der Waals surface area contributed by atoms with Gasteiger partial charge in [0.05, 0.1) is 5.75 Å². The highest BCUT2D eigenvalue weighted by Gasteiger charge is 2.32. The maximum Gasteiger partial charge on any atom is 0.183 e. The summed E-state index contributed by atoms with van der Waals surface area (Å²) in [6.45, 7) is 0. The van der Waals surface area contributed by atoms with Crippen molar-refractivity contribution in [2.45, 2.75) is 6.42 Å². The van der Waals surface area contributed by atoms with E-state index in [1.807, 2.05) is 18.2 Å². The maximum atomic E-state index is 11.5. The van der Waals surface area contributed by atoms with Crippen LogP contribution in [0.15, 0.2) is 41.4 Å². The molecular formula is C11H11NO3S. The minimum atomic E-state index is -3.36. The van der Waals surface area contributed by atoms with Crippen LogP contribution in [-0.4, -0.2) is 20.0 Å². The minimum Gasteiger partial charge on any atom is -0.360 e. The zero-order chi connectivity index (χ0) is 11.6. The van der Waals surface area contributed by atoms with Crippen molar-refractivity contribution in [1.29, 1.82) is 0 Å². The Morgan fingerprint density at radius 2 is 1.88 bits per heavy atom. The van der Waals surface area contributed by atoms with Crippen molar-refractivity contribution in [3.05, 3.63) is 41.4 Å². The van der Waals surface area contributed by atoms with Gasteiger partial charge in [-0.25, -0.2) is 8.42 Å². The zero-order valence-corrected chi connectivity index (χ0v) is 9.33. The van der Waals surface area contributed by atoms with Crippen molar-refractivity contribution in [2.75, 3.05) is 11.1 Å². The molecule has 1 N–H and O–H groups in total. The van der Waals surface area contributed by atoms with Crippen LogP contribution in [0, 0.1) is 0 Å². The number of ketones is 1. The van der Waals surface area contributed by atoms with Crippen LogP contribution in [0.3, 0.4) is 0 Å². The number of hydrogen-bond donors (Lipinski definition) is 1. The number of rotatable bonds is 2. The van der Waals surface area contributed by atoms with Crippen LogP contribution in [-0.2, 0) is 14.6 Å². The van der Waals surface area contributed by atoms with Crippen LogP contribution in [0.2, 0.25) is 0 Å². The van der Waals surface area contributed by atoms with Crippen LogP contribution < -0.4 is 5.32 Å². The summed E-state index contributed by atoms with van der Waals surface area (Å²) in [4.78, 5) is 11.2. The van der Waals surface area contributed by atoms with Crippen LogP contribution in [0.1, 0.15) is 6.42 Å². The highest BCUT2D eigenvalue weighted by atomic mass is 32.2. The Hall–Kier alpha value is -1.62. The monoisotopic (exact) mass is 237 g/mol. The first-order chi connectivity index (χ1) is 7.59. The van der Waals surface area contributed by atoms with Crippen molar-refractivity contribution < 1.29 is 13.2 Å². The van der Waals surface area contributed by atoms with Gasteiger partial charge in [-0.1, -0.05) is 18.2 Å². The van der Waals surface area contributed by atoms with Gasteiger partial charge in [0.1, 0.15) is 4.91 Å². The fourth-order valence-corrected chi connectivity index (χ4v) is 2.85. The average molecular weight is 237 g/mol. The van der Waals surface area contributed by atoms with Gasteiger partial charge in [0, 0.05) is 18.3 Å². The molecule has 84 valence electrons. The summed E-state index contributed by atoms with van der Waals surface area (Å²) in [5.74, 6) is -0.392. The van der Waals surface area contributed by atoms with Gasteiger partial charge in [-0.05, 0) is 12.1 Å². The molecule has 1 heterocycles. The predicted octanol–water partition coefficient (Wildman–Crippen LogP) is 1.33. The predicted molar refractivity (Wildman–Crippen MR) is 61.6 cm³/mol. The van der Waals surface area contributed by atoms with Gasteiger partial charge in [-0.2, -0.15) is 0 Å². The lowest BCUT2D eigenvalue weighted by atomic mass is 10.3. The average Bonchev–Trinajstić information content (AvgIpc) is 2.52. The third-order valence-corrected chi connectivity index (χ3v) is 4.11. The van der Waals surface area contributed by atoms with Gasteiger partial charge >= 0.3 is 0 Å². The molecule has 1 aromatic carbocycles. The molecule has 0 atom stereocenters. The number of carbonyl (C=O) groups is 1. The van der Waals surface area contributed by atoms with E-state index in [1.165, 1.54) is 6.20 Å². The SMILES string of the molecule is O=C1CCS(=O)(=O)/C1=C\Nc1ccccc1. The number of carbonyl (C=O) groups excluding carboxylic acids is 1. The van der Waals surface area contributed by atoms with Crippen LogP contribution in [0.25, 0.3) is 0 Å². The van der Waals surface area contributed by atoms with E-state index < -0.39 is 9.84 Å². The Morgan fingerprint density at radius 1 is 1.19 bits per heavy atom. The lowest BCUT2D eigenvalue weighted by Gasteiger charge is -2.00. The fourth-order valence-electron chi connectivity index (χ4n) is 1.49. The summed E-state index contributed by atoms with van der Waals surface area (Å²) in [5, 5.41) is 2.81. The molecule has 1 aromatic rings. The van der Waals surface area contributed by atoms with Gasteiger partial charge in [0.2, 0.25) is 0 Å². The van der Waals surface area contributed by atoms with Crippen LogP contribution >= 0.6 is 0 Å². The van der Waals surface area contributed by atoms with Crippen molar-refractivity contribution in [3.63, 3.8) is 0 Å². The van der Waals surface area contributed by atoms with E-state index in [2.05, 4.69) is 5.32 Å².